The van der Waals surface area contributed by atoms with Gasteiger partial charge >= 0.3 is 6.36 Å². The van der Waals surface area contributed by atoms with Crippen molar-refractivity contribution in [2.45, 2.75) is 12.9 Å². The fourth-order valence-electron chi connectivity index (χ4n) is 2.27. The molecule has 5 nitrogen and oxygen atoms in total. The zero-order valence-corrected chi connectivity index (χ0v) is 11.2. The van der Waals surface area contributed by atoms with E-state index in [1.54, 1.807) is 0 Å². The van der Waals surface area contributed by atoms with Gasteiger partial charge in [-0.25, -0.2) is 0 Å². The Kier molecular flexibility index (Phi) is 4.69. The number of halogens is 3. The normalized spacial score (nSPS) is 16.7. The lowest BCUT2D eigenvalue weighted by molar-refractivity contribution is -0.275. The second-order valence-electron chi connectivity index (χ2n) is 4.72. The van der Waals surface area contributed by atoms with Crippen molar-refractivity contribution >= 4 is 5.91 Å². The number of piperazine rings is 1. The summed E-state index contributed by atoms with van der Waals surface area (Å²) in [4.78, 5) is 13.4. The van der Waals surface area contributed by atoms with Gasteiger partial charge in [0.1, 0.15) is 5.75 Å². The van der Waals surface area contributed by atoms with Crippen LogP contribution in [0, 0.1) is 0 Å². The van der Waals surface area contributed by atoms with Gasteiger partial charge in [0, 0.05) is 43.9 Å². The maximum absolute atomic E-state index is 12.5. The predicted octanol–water partition coefficient (Wildman–Crippen LogP) is 1.09. The molecule has 0 atom stereocenters. The predicted molar refractivity (Wildman–Crippen MR) is 69.8 cm³/mol. The number of nitrogens with zero attached hydrogens (tertiary/aromatic N) is 1. The van der Waals surface area contributed by atoms with Crippen LogP contribution in [0.1, 0.15) is 15.9 Å². The highest BCUT2D eigenvalue weighted by Gasteiger charge is 2.33. The number of nitrogens with one attached hydrogen (secondary N) is 1. The van der Waals surface area contributed by atoms with Crippen LogP contribution < -0.4 is 15.8 Å². The van der Waals surface area contributed by atoms with Crippen LogP contribution >= 0.6 is 0 Å². The first kappa shape index (κ1) is 15.6. The Labute approximate surface area is 119 Å². The number of hydrogen-bond acceptors (Lipinski definition) is 4. The lowest BCUT2D eigenvalue weighted by Crippen LogP contribution is -2.43. The second-order valence-corrected chi connectivity index (χ2v) is 4.72. The van der Waals surface area contributed by atoms with Gasteiger partial charge in [0.2, 0.25) is 5.91 Å². The van der Waals surface area contributed by atoms with Crippen molar-refractivity contribution in [2.75, 3.05) is 26.2 Å². The second kappa shape index (κ2) is 6.31. The summed E-state index contributed by atoms with van der Waals surface area (Å²) in [5.41, 5.74) is 5.47. The smallest absolute Gasteiger partial charge is 0.405 e. The molecule has 1 aromatic carbocycles. The van der Waals surface area contributed by atoms with Gasteiger partial charge in [0.05, 0.1) is 0 Å². The molecule has 2 rings (SSSR count). The number of primary amides is 1. The number of alkyl halides is 3. The molecule has 0 aliphatic carbocycles. The molecule has 1 amide bonds. The summed E-state index contributed by atoms with van der Waals surface area (Å²) in [6.45, 7) is 3.03. The van der Waals surface area contributed by atoms with Gasteiger partial charge in [-0.2, -0.15) is 0 Å². The molecule has 1 saturated heterocycles. The molecule has 1 aliphatic heterocycles. The summed E-state index contributed by atoms with van der Waals surface area (Å²) >= 11 is 0. The first-order valence-electron chi connectivity index (χ1n) is 6.47. The molecule has 0 bridgehead atoms. The SMILES string of the molecule is NC(=O)c1cccc(OC(F)(F)F)c1CN1CCNCC1. The number of rotatable bonds is 4. The molecular formula is C13H16F3N3O2. The molecular weight excluding hydrogens is 287 g/mol. The van der Waals surface area contributed by atoms with Crippen molar-refractivity contribution < 1.29 is 22.7 Å². The van der Waals surface area contributed by atoms with Gasteiger partial charge in [-0.3, -0.25) is 9.69 Å². The average molecular weight is 303 g/mol. The number of hydrogen-bond donors (Lipinski definition) is 2. The van der Waals surface area contributed by atoms with Crippen LogP contribution in [0.15, 0.2) is 18.2 Å². The van der Waals surface area contributed by atoms with E-state index in [0.29, 0.717) is 13.1 Å². The van der Waals surface area contributed by atoms with Crippen molar-refractivity contribution in [3.05, 3.63) is 29.3 Å². The molecule has 1 fully saturated rings. The molecule has 116 valence electrons. The number of carbonyl (C=O) groups is 1. The topological polar surface area (TPSA) is 67.6 Å². The number of benzene rings is 1. The summed E-state index contributed by atoms with van der Waals surface area (Å²) < 4.78 is 41.4. The summed E-state index contributed by atoms with van der Waals surface area (Å²) in [7, 11) is 0. The van der Waals surface area contributed by atoms with Gasteiger partial charge < -0.3 is 15.8 Å². The van der Waals surface area contributed by atoms with Crippen molar-refractivity contribution in [2.24, 2.45) is 5.73 Å². The van der Waals surface area contributed by atoms with Gasteiger partial charge in [0.25, 0.3) is 0 Å². The maximum Gasteiger partial charge on any atom is 0.573 e. The van der Waals surface area contributed by atoms with E-state index in [1.165, 1.54) is 18.2 Å². The van der Waals surface area contributed by atoms with Gasteiger partial charge in [-0.15, -0.1) is 13.2 Å². The molecule has 0 saturated carbocycles. The van der Waals surface area contributed by atoms with E-state index in [2.05, 4.69) is 10.1 Å². The molecule has 0 radical (unpaired) electrons. The lowest BCUT2D eigenvalue weighted by Gasteiger charge is -2.28. The zero-order valence-electron chi connectivity index (χ0n) is 11.2. The minimum absolute atomic E-state index is 0.0512. The third kappa shape index (κ3) is 4.33. The molecule has 3 N–H and O–H groups in total. The molecule has 1 aromatic rings. The largest absolute Gasteiger partial charge is 0.573 e. The Hall–Kier alpha value is -1.80. The zero-order chi connectivity index (χ0) is 15.5. The van der Waals surface area contributed by atoms with Crippen molar-refractivity contribution in [1.29, 1.82) is 0 Å². The molecule has 1 aliphatic rings. The number of amides is 1. The van der Waals surface area contributed by atoms with Crippen molar-refractivity contribution in [1.82, 2.24) is 10.2 Å². The van der Waals surface area contributed by atoms with Crippen LogP contribution in [0.4, 0.5) is 13.2 Å². The Balaban J connectivity index is 2.31. The minimum atomic E-state index is -4.81. The maximum atomic E-state index is 12.5. The molecule has 0 unspecified atom stereocenters. The third-order valence-corrected chi connectivity index (χ3v) is 3.22. The summed E-state index contributed by atoms with van der Waals surface area (Å²) in [6.07, 6.45) is -4.81. The quantitative estimate of drug-likeness (QED) is 0.874. The minimum Gasteiger partial charge on any atom is -0.405 e. The third-order valence-electron chi connectivity index (χ3n) is 3.22. The highest BCUT2D eigenvalue weighted by Crippen LogP contribution is 2.29. The Morgan fingerprint density at radius 3 is 2.57 bits per heavy atom. The first-order valence-corrected chi connectivity index (χ1v) is 6.47. The van der Waals surface area contributed by atoms with Crippen LogP contribution in [0.25, 0.3) is 0 Å². The standard InChI is InChI=1S/C13H16F3N3O2/c14-13(15,16)21-11-3-1-2-9(12(17)20)10(11)8-19-6-4-18-5-7-19/h1-3,18H,4-8H2,(H2,17,20). The first-order chi connectivity index (χ1) is 9.87. The van der Waals surface area contributed by atoms with Crippen LogP contribution in [0.5, 0.6) is 5.75 Å². The van der Waals surface area contributed by atoms with Gasteiger partial charge in [0.15, 0.2) is 0 Å². The molecule has 21 heavy (non-hydrogen) atoms. The van der Waals surface area contributed by atoms with E-state index < -0.39 is 12.3 Å². The monoisotopic (exact) mass is 303 g/mol. The lowest BCUT2D eigenvalue weighted by atomic mass is 10.0. The highest BCUT2D eigenvalue weighted by atomic mass is 19.4. The van der Waals surface area contributed by atoms with E-state index in [9.17, 15) is 18.0 Å². The molecule has 8 heteroatoms. The van der Waals surface area contributed by atoms with E-state index in [1.807, 2.05) is 4.90 Å². The number of ether oxygens (including phenoxy) is 1. The van der Waals surface area contributed by atoms with Crippen molar-refractivity contribution in [3.8, 4) is 5.75 Å². The van der Waals surface area contributed by atoms with E-state index in [0.717, 1.165) is 13.1 Å². The van der Waals surface area contributed by atoms with Crippen LogP contribution in [0.3, 0.4) is 0 Å². The molecule has 1 heterocycles. The number of nitrogens with two attached hydrogens (primary N) is 1. The van der Waals surface area contributed by atoms with E-state index in [-0.39, 0.29) is 23.4 Å². The van der Waals surface area contributed by atoms with Crippen LogP contribution in [-0.4, -0.2) is 43.3 Å². The fraction of sp³-hybridized carbons (Fsp3) is 0.462. The van der Waals surface area contributed by atoms with Gasteiger partial charge in [-0.05, 0) is 12.1 Å². The van der Waals surface area contributed by atoms with Gasteiger partial charge in [-0.1, -0.05) is 6.07 Å². The Morgan fingerprint density at radius 2 is 2.00 bits per heavy atom. The average Bonchev–Trinajstić information content (AvgIpc) is 2.40. The van der Waals surface area contributed by atoms with E-state index in [4.69, 9.17) is 5.73 Å². The van der Waals surface area contributed by atoms with Crippen LogP contribution in [0.2, 0.25) is 0 Å². The Morgan fingerprint density at radius 1 is 1.33 bits per heavy atom. The summed E-state index contributed by atoms with van der Waals surface area (Å²) in [5.74, 6) is -1.15. The molecule has 0 aromatic heterocycles. The Bertz CT molecular complexity index is 514. The molecule has 0 spiro atoms. The number of carbonyl (C=O) groups excluding carboxylic acids is 1. The van der Waals surface area contributed by atoms with Crippen LogP contribution in [-0.2, 0) is 6.54 Å². The fourth-order valence-corrected chi connectivity index (χ4v) is 2.27. The summed E-state index contributed by atoms with van der Waals surface area (Å²) in [5, 5.41) is 3.15. The van der Waals surface area contributed by atoms with Crippen molar-refractivity contribution in [3.63, 3.8) is 0 Å². The summed E-state index contributed by atoms with van der Waals surface area (Å²) in [6, 6.07) is 3.92. The highest BCUT2D eigenvalue weighted by molar-refractivity contribution is 5.95. The van der Waals surface area contributed by atoms with E-state index >= 15 is 0 Å².